The molecule has 0 bridgehead atoms. The van der Waals surface area contributed by atoms with E-state index in [-0.39, 0.29) is 0 Å². The topological polar surface area (TPSA) is 41.1 Å². The third kappa shape index (κ3) is 2.74. The molecule has 2 aromatic rings. The summed E-state index contributed by atoms with van der Waals surface area (Å²) in [6, 6.07) is 10.5. The van der Waals surface area contributed by atoms with Crippen LogP contribution in [0.15, 0.2) is 36.5 Å². The first-order valence-electron chi connectivity index (χ1n) is 7.25. The van der Waals surface area contributed by atoms with E-state index >= 15 is 0 Å². The van der Waals surface area contributed by atoms with Gasteiger partial charge in [-0.1, -0.05) is 31.2 Å². The number of nitrogens with one attached hydrogen (secondary N) is 1. The lowest BCUT2D eigenvalue weighted by atomic mass is 10.0. The van der Waals surface area contributed by atoms with Crippen LogP contribution in [0.25, 0.3) is 0 Å². The number of nitrogens with zero attached hydrogens (tertiary/aromatic N) is 3. The summed E-state index contributed by atoms with van der Waals surface area (Å²) in [5, 5.41) is 3.32. The highest BCUT2D eigenvalue weighted by Crippen LogP contribution is 2.22. The van der Waals surface area contributed by atoms with E-state index in [0.717, 1.165) is 44.2 Å². The van der Waals surface area contributed by atoms with Gasteiger partial charge in [0.15, 0.2) is 0 Å². The Balaban J connectivity index is 1.77. The molecule has 4 nitrogen and oxygen atoms in total. The van der Waals surface area contributed by atoms with Crippen LogP contribution >= 0.6 is 0 Å². The van der Waals surface area contributed by atoms with Gasteiger partial charge in [-0.25, -0.2) is 4.98 Å². The molecule has 0 saturated heterocycles. The second-order valence-electron chi connectivity index (χ2n) is 5.11. The molecule has 4 heteroatoms. The molecule has 1 aliphatic heterocycles. The largest absolute Gasteiger partial charge is 0.370 e. The van der Waals surface area contributed by atoms with Crippen LogP contribution in [0.4, 0.5) is 11.8 Å². The zero-order chi connectivity index (χ0) is 13.8. The van der Waals surface area contributed by atoms with Crippen LogP contribution in [0.1, 0.15) is 24.5 Å². The highest BCUT2D eigenvalue weighted by molar-refractivity contribution is 5.44. The minimum absolute atomic E-state index is 0.820. The van der Waals surface area contributed by atoms with Gasteiger partial charge in [0.1, 0.15) is 5.82 Å². The molecule has 2 heterocycles. The molecule has 20 heavy (non-hydrogen) atoms. The maximum absolute atomic E-state index is 4.61. The number of hydrogen-bond donors (Lipinski definition) is 1. The van der Waals surface area contributed by atoms with E-state index in [1.807, 2.05) is 12.3 Å². The van der Waals surface area contributed by atoms with Gasteiger partial charge in [0.2, 0.25) is 5.95 Å². The molecule has 3 rings (SSSR count). The van der Waals surface area contributed by atoms with Crippen molar-refractivity contribution >= 4 is 11.8 Å². The van der Waals surface area contributed by atoms with Gasteiger partial charge < -0.3 is 10.2 Å². The van der Waals surface area contributed by atoms with Gasteiger partial charge in [-0.15, -0.1) is 0 Å². The van der Waals surface area contributed by atoms with Gasteiger partial charge >= 0.3 is 0 Å². The van der Waals surface area contributed by atoms with Crippen molar-refractivity contribution in [2.75, 3.05) is 23.3 Å². The lowest BCUT2D eigenvalue weighted by Gasteiger charge is -2.28. The lowest BCUT2D eigenvalue weighted by molar-refractivity contribution is 0.708. The van der Waals surface area contributed by atoms with E-state index < -0.39 is 0 Å². The van der Waals surface area contributed by atoms with Gasteiger partial charge in [0.05, 0.1) is 0 Å². The van der Waals surface area contributed by atoms with Crippen molar-refractivity contribution in [3.63, 3.8) is 0 Å². The molecule has 104 valence electrons. The number of benzene rings is 1. The van der Waals surface area contributed by atoms with Crippen molar-refractivity contribution in [3.05, 3.63) is 47.7 Å². The van der Waals surface area contributed by atoms with E-state index in [1.165, 1.54) is 11.1 Å². The van der Waals surface area contributed by atoms with Gasteiger partial charge in [0, 0.05) is 25.8 Å². The molecular weight excluding hydrogens is 248 g/mol. The molecule has 1 aromatic heterocycles. The zero-order valence-corrected chi connectivity index (χ0v) is 11.8. The highest BCUT2D eigenvalue weighted by atomic mass is 15.3. The Morgan fingerprint density at radius 2 is 2.05 bits per heavy atom. The summed E-state index contributed by atoms with van der Waals surface area (Å²) in [4.78, 5) is 11.3. The number of hydrogen-bond acceptors (Lipinski definition) is 4. The van der Waals surface area contributed by atoms with Crippen LogP contribution in [-0.2, 0) is 13.0 Å². The third-order valence-electron chi connectivity index (χ3n) is 3.61. The summed E-state index contributed by atoms with van der Waals surface area (Å²) in [5.41, 5.74) is 2.83. The Labute approximate surface area is 119 Å². The van der Waals surface area contributed by atoms with Crippen LogP contribution < -0.4 is 10.2 Å². The fourth-order valence-electron chi connectivity index (χ4n) is 2.52. The monoisotopic (exact) mass is 268 g/mol. The molecule has 0 fully saturated rings. The molecule has 0 saturated carbocycles. The first-order chi connectivity index (χ1) is 9.86. The maximum atomic E-state index is 4.61. The van der Waals surface area contributed by atoms with Gasteiger partial charge in [-0.3, -0.25) is 0 Å². The Kier molecular flexibility index (Phi) is 3.81. The van der Waals surface area contributed by atoms with Crippen molar-refractivity contribution in [2.45, 2.75) is 26.3 Å². The van der Waals surface area contributed by atoms with E-state index in [2.05, 4.69) is 51.4 Å². The van der Waals surface area contributed by atoms with Crippen LogP contribution in [-0.4, -0.2) is 23.1 Å². The minimum atomic E-state index is 0.820. The normalized spacial score (nSPS) is 13.9. The van der Waals surface area contributed by atoms with E-state index in [1.54, 1.807) is 0 Å². The Morgan fingerprint density at radius 3 is 2.90 bits per heavy atom. The Bertz CT molecular complexity index is 582. The summed E-state index contributed by atoms with van der Waals surface area (Å²) in [6.45, 7) is 4.97. The summed E-state index contributed by atoms with van der Waals surface area (Å²) in [5.74, 6) is 1.73. The molecule has 0 aliphatic carbocycles. The summed E-state index contributed by atoms with van der Waals surface area (Å²) >= 11 is 0. The molecule has 0 unspecified atom stereocenters. The first-order valence-corrected chi connectivity index (χ1v) is 7.25. The van der Waals surface area contributed by atoms with E-state index in [9.17, 15) is 0 Å². The standard InChI is InChI=1S/C16H20N4/c1-2-9-17-15-7-10-18-16(19-15)20-11-8-13-5-3-4-6-14(13)12-20/h3-7,10H,2,8-9,11-12H2,1H3,(H,17,18,19). The number of fused-ring (bicyclic) bond motifs is 1. The second kappa shape index (κ2) is 5.90. The van der Waals surface area contributed by atoms with E-state index in [4.69, 9.17) is 0 Å². The number of rotatable bonds is 4. The second-order valence-corrected chi connectivity index (χ2v) is 5.11. The summed E-state index contributed by atoms with van der Waals surface area (Å²) in [7, 11) is 0. The van der Waals surface area contributed by atoms with Crippen molar-refractivity contribution in [1.29, 1.82) is 0 Å². The predicted molar refractivity (Wildman–Crippen MR) is 82.0 cm³/mol. The van der Waals surface area contributed by atoms with E-state index in [0.29, 0.717) is 0 Å². The fourth-order valence-corrected chi connectivity index (χ4v) is 2.52. The Hall–Kier alpha value is -2.10. The smallest absolute Gasteiger partial charge is 0.227 e. The van der Waals surface area contributed by atoms with Crippen molar-refractivity contribution in [2.24, 2.45) is 0 Å². The predicted octanol–water partition coefficient (Wildman–Crippen LogP) is 2.86. The quantitative estimate of drug-likeness (QED) is 0.925. The molecule has 1 aromatic carbocycles. The molecule has 0 spiro atoms. The molecule has 0 radical (unpaired) electrons. The molecule has 1 N–H and O–H groups in total. The SMILES string of the molecule is CCCNc1ccnc(N2CCc3ccccc3C2)n1. The summed E-state index contributed by atoms with van der Waals surface area (Å²) < 4.78 is 0. The zero-order valence-electron chi connectivity index (χ0n) is 11.8. The van der Waals surface area contributed by atoms with Gasteiger partial charge in [-0.2, -0.15) is 4.98 Å². The molecular formula is C16H20N4. The number of aromatic nitrogens is 2. The number of anilines is 2. The summed E-state index contributed by atoms with van der Waals surface area (Å²) in [6.07, 6.45) is 3.99. The average molecular weight is 268 g/mol. The average Bonchev–Trinajstić information content (AvgIpc) is 2.53. The highest BCUT2D eigenvalue weighted by Gasteiger charge is 2.17. The first kappa shape index (κ1) is 12.9. The molecule has 0 amide bonds. The fraction of sp³-hybridized carbons (Fsp3) is 0.375. The molecule has 1 aliphatic rings. The Morgan fingerprint density at radius 1 is 1.20 bits per heavy atom. The van der Waals surface area contributed by atoms with Gasteiger partial charge in [0.25, 0.3) is 0 Å². The molecule has 0 atom stereocenters. The minimum Gasteiger partial charge on any atom is -0.370 e. The van der Waals surface area contributed by atoms with Crippen LogP contribution in [0.3, 0.4) is 0 Å². The van der Waals surface area contributed by atoms with Crippen LogP contribution in [0.2, 0.25) is 0 Å². The third-order valence-corrected chi connectivity index (χ3v) is 3.61. The lowest BCUT2D eigenvalue weighted by Crippen LogP contribution is -2.31. The van der Waals surface area contributed by atoms with Crippen LogP contribution in [0, 0.1) is 0 Å². The van der Waals surface area contributed by atoms with Crippen molar-refractivity contribution in [3.8, 4) is 0 Å². The maximum Gasteiger partial charge on any atom is 0.227 e. The van der Waals surface area contributed by atoms with Crippen LogP contribution in [0.5, 0.6) is 0 Å². The van der Waals surface area contributed by atoms with Crippen molar-refractivity contribution < 1.29 is 0 Å². The van der Waals surface area contributed by atoms with Gasteiger partial charge in [-0.05, 0) is 30.0 Å². The van der Waals surface area contributed by atoms with Crippen molar-refractivity contribution in [1.82, 2.24) is 9.97 Å².